The van der Waals surface area contributed by atoms with Crippen LogP contribution in [0.5, 0.6) is 11.5 Å². The summed E-state index contributed by atoms with van der Waals surface area (Å²) in [5.41, 5.74) is 2.11. The second-order valence-electron chi connectivity index (χ2n) is 7.54. The van der Waals surface area contributed by atoms with Gasteiger partial charge in [0, 0.05) is 54.7 Å². The molecule has 0 radical (unpaired) electrons. The SMILES string of the molecule is COc1cc(N2CCN(C(=O)C(=O)Nc3ccc4c(c3)OC(=O)C4)[C@H](C)C2)ccc1Cl. The van der Waals surface area contributed by atoms with Crippen LogP contribution in [0, 0.1) is 0 Å². The fourth-order valence-corrected chi connectivity index (χ4v) is 4.04. The molecule has 1 N–H and O–H groups in total. The van der Waals surface area contributed by atoms with Crippen molar-refractivity contribution in [3.05, 3.63) is 47.0 Å². The standard InChI is InChI=1S/C22H22ClN3O5/c1-13-12-25(16-5-6-17(23)19(11-16)30-2)7-8-26(13)22(29)21(28)24-15-4-3-14-9-20(27)31-18(14)10-15/h3-6,10-11,13H,7-9,12H2,1-2H3,(H,24,28)/t13-/m1/s1. The lowest BCUT2D eigenvalue weighted by molar-refractivity contribution is -0.144. The Balaban J connectivity index is 1.39. The normalized spacial score (nSPS) is 17.8. The van der Waals surface area contributed by atoms with Gasteiger partial charge in [-0.2, -0.15) is 0 Å². The molecule has 0 aliphatic carbocycles. The molecule has 2 aromatic rings. The van der Waals surface area contributed by atoms with Crippen LogP contribution in [0.1, 0.15) is 12.5 Å². The predicted octanol–water partition coefficient (Wildman–Crippen LogP) is 2.49. The van der Waals surface area contributed by atoms with E-state index in [4.69, 9.17) is 21.1 Å². The molecule has 31 heavy (non-hydrogen) atoms. The Morgan fingerprint density at radius 1 is 1.19 bits per heavy atom. The number of halogens is 1. The summed E-state index contributed by atoms with van der Waals surface area (Å²) in [6.45, 7) is 3.45. The third-order valence-corrected chi connectivity index (χ3v) is 5.78. The number of fused-ring (bicyclic) bond motifs is 1. The predicted molar refractivity (Wildman–Crippen MR) is 116 cm³/mol. The van der Waals surface area contributed by atoms with Crippen LogP contribution in [0.15, 0.2) is 36.4 Å². The lowest BCUT2D eigenvalue weighted by atomic mass is 10.1. The molecular formula is C22H22ClN3O5. The van der Waals surface area contributed by atoms with E-state index in [1.807, 2.05) is 19.1 Å². The summed E-state index contributed by atoms with van der Waals surface area (Å²) in [7, 11) is 1.56. The molecule has 2 aliphatic rings. The number of anilines is 2. The van der Waals surface area contributed by atoms with Gasteiger partial charge < -0.3 is 24.6 Å². The van der Waals surface area contributed by atoms with Gasteiger partial charge >= 0.3 is 17.8 Å². The minimum Gasteiger partial charge on any atom is -0.495 e. The summed E-state index contributed by atoms with van der Waals surface area (Å²) in [6.07, 6.45) is 0.212. The number of nitrogens with one attached hydrogen (secondary N) is 1. The highest BCUT2D eigenvalue weighted by molar-refractivity contribution is 6.39. The minimum atomic E-state index is -0.724. The highest BCUT2D eigenvalue weighted by atomic mass is 35.5. The summed E-state index contributed by atoms with van der Waals surface area (Å²) in [5.74, 6) is -0.657. The lowest BCUT2D eigenvalue weighted by Crippen LogP contribution is -2.56. The van der Waals surface area contributed by atoms with Gasteiger partial charge in [-0.05, 0) is 25.1 Å². The molecule has 1 atom stereocenters. The van der Waals surface area contributed by atoms with Crippen LogP contribution in [0.2, 0.25) is 5.02 Å². The van der Waals surface area contributed by atoms with Crippen LogP contribution in [-0.4, -0.2) is 55.5 Å². The Kier molecular flexibility index (Phi) is 5.73. The molecule has 2 aromatic carbocycles. The number of esters is 1. The Morgan fingerprint density at radius 2 is 2.00 bits per heavy atom. The van der Waals surface area contributed by atoms with Crippen molar-refractivity contribution in [3.8, 4) is 11.5 Å². The Bertz CT molecular complexity index is 1060. The van der Waals surface area contributed by atoms with Crippen molar-refractivity contribution in [1.29, 1.82) is 0 Å². The molecule has 162 valence electrons. The maximum atomic E-state index is 12.8. The number of piperazine rings is 1. The summed E-state index contributed by atoms with van der Waals surface area (Å²) in [6, 6.07) is 10.3. The average Bonchev–Trinajstić information content (AvgIpc) is 3.12. The largest absolute Gasteiger partial charge is 0.495 e. The topological polar surface area (TPSA) is 88.2 Å². The molecule has 0 bridgehead atoms. The number of methoxy groups -OCH3 is 1. The molecule has 2 aliphatic heterocycles. The highest BCUT2D eigenvalue weighted by Crippen LogP contribution is 2.31. The fourth-order valence-electron chi connectivity index (χ4n) is 3.84. The van der Waals surface area contributed by atoms with E-state index in [2.05, 4.69) is 10.2 Å². The Hall–Kier alpha value is -3.26. The number of benzene rings is 2. The van der Waals surface area contributed by atoms with Gasteiger partial charge in [-0.25, -0.2) is 0 Å². The van der Waals surface area contributed by atoms with E-state index in [9.17, 15) is 14.4 Å². The van der Waals surface area contributed by atoms with Crippen LogP contribution in [-0.2, 0) is 20.8 Å². The first-order valence-electron chi connectivity index (χ1n) is 9.89. The van der Waals surface area contributed by atoms with E-state index in [0.29, 0.717) is 41.8 Å². The second kappa shape index (κ2) is 8.47. The van der Waals surface area contributed by atoms with Gasteiger partial charge in [-0.1, -0.05) is 17.7 Å². The first-order chi connectivity index (χ1) is 14.9. The molecule has 0 saturated carbocycles. The minimum absolute atomic E-state index is 0.172. The first kappa shape index (κ1) is 21.0. The third kappa shape index (κ3) is 4.29. The number of ether oxygens (including phenoxy) is 2. The number of amides is 2. The van der Waals surface area contributed by atoms with Gasteiger partial charge in [-0.3, -0.25) is 14.4 Å². The highest BCUT2D eigenvalue weighted by Gasteiger charge is 2.32. The molecular weight excluding hydrogens is 422 g/mol. The summed E-state index contributed by atoms with van der Waals surface area (Å²) in [4.78, 5) is 40.4. The number of carbonyl (C=O) groups is 3. The van der Waals surface area contributed by atoms with Crippen LogP contribution in [0.25, 0.3) is 0 Å². The summed E-state index contributed by atoms with van der Waals surface area (Å²) in [5, 5.41) is 3.14. The van der Waals surface area contributed by atoms with E-state index in [1.54, 1.807) is 36.3 Å². The van der Waals surface area contributed by atoms with E-state index >= 15 is 0 Å². The monoisotopic (exact) mass is 443 g/mol. The Labute approximate surface area is 184 Å². The molecule has 0 unspecified atom stereocenters. The molecule has 2 amide bonds. The maximum Gasteiger partial charge on any atom is 0.315 e. The van der Waals surface area contributed by atoms with Crippen LogP contribution in [0.3, 0.4) is 0 Å². The van der Waals surface area contributed by atoms with Crippen molar-refractivity contribution < 1.29 is 23.9 Å². The van der Waals surface area contributed by atoms with Crippen molar-refractivity contribution in [2.75, 3.05) is 37.0 Å². The van der Waals surface area contributed by atoms with Gasteiger partial charge in [0.25, 0.3) is 0 Å². The number of nitrogens with zero attached hydrogens (tertiary/aromatic N) is 2. The zero-order valence-corrected chi connectivity index (χ0v) is 17.9. The van der Waals surface area contributed by atoms with Gasteiger partial charge in [0.2, 0.25) is 0 Å². The van der Waals surface area contributed by atoms with Crippen molar-refractivity contribution in [3.63, 3.8) is 0 Å². The molecule has 4 rings (SSSR count). The number of rotatable bonds is 3. The van der Waals surface area contributed by atoms with E-state index < -0.39 is 11.8 Å². The molecule has 0 spiro atoms. The third-order valence-electron chi connectivity index (χ3n) is 5.47. The molecule has 2 heterocycles. The summed E-state index contributed by atoms with van der Waals surface area (Å²) >= 11 is 6.10. The van der Waals surface area contributed by atoms with E-state index in [-0.39, 0.29) is 18.4 Å². The van der Waals surface area contributed by atoms with Gasteiger partial charge in [0.1, 0.15) is 11.5 Å². The molecule has 1 fully saturated rings. The zero-order valence-electron chi connectivity index (χ0n) is 17.2. The Morgan fingerprint density at radius 3 is 2.74 bits per heavy atom. The molecule has 9 heteroatoms. The van der Waals surface area contributed by atoms with Gasteiger partial charge in [0.05, 0.1) is 18.6 Å². The van der Waals surface area contributed by atoms with Crippen molar-refractivity contribution in [2.24, 2.45) is 0 Å². The zero-order chi connectivity index (χ0) is 22.1. The molecule has 8 nitrogen and oxygen atoms in total. The van der Waals surface area contributed by atoms with Crippen LogP contribution in [0.4, 0.5) is 11.4 Å². The molecule has 1 saturated heterocycles. The average molecular weight is 444 g/mol. The van der Waals surface area contributed by atoms with Gasteiger partial charge in [-0.15, -0.1) is 0 Å². The first-order valence-corrected chi connectivity index (χ1v) is 10.3. The van der Waals surface area contributed by atoms with Crippen molar-refractivity contribution >= 4 is 40.8 Å². The number of hydrogen-bond donors (Lipinski definition) is 1. The van der Waals surface area contributed by atoms with Crippen LogP contribution < -0.4 is 19.7 Å². The van der Waals surface area contributed by atoms with Crippen molar-refractivity contribution in [2.45, 2.75) is 19.4 Å². The fraction of sp³-hybridized carbons (Fsp3) is 0.318. The maximum absolute atomic E-state index is 12.8. The van der Waals surface area contributed by atoms with Gasteiger partial charge in [0.15, 0.2) is 0 Å². The number of carbonyl (C=O) groups excluding carboxylic acids is 3. The quantitative estimate of drug-likeness (QED) is 0.445. The molecule has 0 aromatic heterocycles. The van der Waals surface area contributed by atoms with E-state index in [0.717, 1.165) is 11.3 Å². The van der Waals surface area contributed by atoms with E-state index in [1.165, 1.54) is 0 Å². The second-order valence-corrected chi connectivity index (χ2v) is 7.95. The lowest BCUT2D eigenvalue weighted by Gasteiger charge is -2.40. The number of hydrogen-bond acceptors (Lipinski definition) is 6. The smallest absolute Gasteiger partial charge is 0.315 e. The van der Waals surface area contributed by atoms with Crippen molar-refractivity contribution in [1.82, 2.24) is 4.90 Å². The summed E-state index contributed by atoms with van der Waals surface area (Å²) < 4.78 is 10.4. The van der Waals surface area contributed by atoms with Crippen LogP contribution >= 0.6 is 11.6 Å².